The van der Waals surface area contributed by atoms with Crippen LogP contribution in [-0.2, 0) is 0 Å². The summed E-state index contributed by atoms with van der Waals surface area (Å²) < 4.78 is 0. The fraction of sp³-hybridized carbons (Fsp3) is 0.250. The summed E-state index contributed by atoms with van der Waals surface area (Å²) >= 11 is 0. The molecule has 0 fully saturated rings. The number of hydrogen-bond donors (Lipinski definition) is 2. The monoisotopic (exact) mass is 254 g/mol. The highest BCUT2D eigenvalue weighted by Gasteiger charge is 2.18. The SMILES string of the molecule is CCN1CCNc2cc(O)c(-c3ccccc3)cc21. The van der Waals surface area contributed by atoms with Gasteiger partial charge in [0.05, 0.1) is 11.4 Å². The van der Waals surface area contributed by atoms with Gasteiger partial charge in [-0.25, -0.2) is 0 Å². The first-order valence-electron chi connectivity index (χ1n) is 6.71. The zero-order valence-electron chi connectivity index (χ0n) is 11.1. The summed E-state index contributed by atoms with van der Waals surface area (Å²) in [5, 5.41) is 13.6. The molecular weight excluding hydrogens is 236 g/mol. The third kappa shape index (κ3) is 2.12. The number of aromatic hydroxyl groups is 1. The molecule has 0 saturated heterocycles. The van der Waals surface area contributed by atoms with E-state index in [0.29, 0.717) is 5.75 Å². The maximum atomic E-state index is 10.2. The van der Waals surface area contributed by atoms with Crippen LogP contribution in [0.1, 0.15) is 6.92 Å². The molecule has 0 spiro atoms. The van der Waals surface area contributed by atoms with Gasteiger partial charge in [-0.05, 0) is 18.6 Å². The van der Waals surface area contributed by atoms with Crippen LogP contribution >= 0.6 is 0 Å². The van der Waals surface area contributed by atoms with E-state index < -0.39 is 0 Å². The summed E-state index contributed by atoms with van der Waals surface area (Å²) in [7, 11) is 0. The van der Waals surface area contributed by atoms with E-state index in [1.165, 1.54) is 5.69 Å². The lowest BCUT2D eigenvalue weighted by atomic mass is 10.0. The minimum absolute atomic E-state index is 0.329. The third-order valence-electron chi connectivity index (χ3n) is 3.62. The van der Waals surface area contributed by atoms with Gasteiger partial charge in [0.2, 0.25) is 0 Å². The molecule has 0 saturated carbocycles. The standard InChI is InChI=1S/C16H18N2O/c1-2-18-9-8-17-14-11-16(19)13(10-15(14)18)12-6-4-3-5-7-12/h3-7,10-11,17,19H,2,8-9H2,1H3. The quantitative estimate of drug-likeness (QED) is 0.863. The van der Waals surface area contributed by atoms with E-state index >= 15 is 0 Å². The topological polar surface area (TPSA) is 35.5 Å². The van der Waals surface area contributed by atoms with Crippen molar-refractivity contribution in [3.63, 3.8) is 0 Å². The summed E-state index contributed by atoms with van der Waals surface area (Å²) in [5.41, 5.74) is 4.13. The lowest BCUT2D eigenvalue weighted by Gasteiger charge is -2.31. The Labute approximate surface area is 113 Å². The van der Waals surface area contributed by atoms with Crippen LogP contribution in [0.2, 0.25) is 0 Å². The second kappa shape index (κ2) is 4.84. The fourth-order valence-corrected chi connectivity index (χ4v) is 2.60. The van der Waals surface area contributed by atoms with E-state index in [2.05, 4.69) is 23.2 Å². The van der Waals surface area contributed by atoms with Gasteiger partial charge in [0.15, 0.2) is 0 Å². The van der Waals surface area contributed by atoms with Gasteiger partial charge in [-0.1, -0.05) is 30.3 Å². The van der Waals surface area contributed by atoms with Crippen LogP contribution in [0.3, 0.4) is 0 Å². The number of fused-ring (bicyclic) bond motifs is 1. The Morgan fingerprint density at radius 1 is 1.21 bits per heavy atom. The van der Waals surface area contributed by atoms with Crippen LogP contribution < -0.4 is 10.2 Å². The first-order chi connectivity index (χ1) is 9.29. The summed E-state index contributed by atoms with van der Waals surface area (Å²) in [6.07, 6.45) is 0. The van der Waals surface area contributed by atoms with E-state index in [9.17, 15) is 5.11 Å². The number of benzene rings is 2. The predicted molar refractivity (Wildman–Crippen MR) is 79.9 cm³/mol. The van der Waals surface area contributed by atoms with Gasteiger partial charge in [0.1, 0.15) is 5.75 Å². The highest BCUT2D eigenvalue weighted by atomic mass is 16.3. The Morgan fingerprint density at radius 2 is 2.00 bits per heavy atom. The molecule has 0 unspecified atom stereocenters. The Bertz CT molecular complexity index is 581. The maximum Gasteiger partial charge on any atom is 0.125 e. The first-order valence-corrected chi connectivity index (χ1v) is 6.71. The zero-order chi connectivity index (χ0) is 13.2. The molecule has 3 heteroatoms. The molecule has 3 nitrogen and oxygen atoms in total. The van der Waals surface area contributed by atoms with E-state index in [4.69, 9.17) is 0 Å². The first kappa shape index (κ1) is 11.9. The molecule has 0 radical (unpaired) electrons. The number of hydrogen-bond acceptors (Lipinski definition) is 3. The third-order valence-corrected chi connectivity index (χ3v) is 3.62. The summed E-state index contributed by atoms with van der Waals surface area (Å²) in [6, 6.07) is 13.9. The van der Waals surface area contributed by atoms with E-state index in [1.54, 1.807) is 0 Å². The number of rotatable bonds is 2. The lowest BCUT2D eigenvalue weighted by molar-refractivity contribution is 0.477. The normalized spacial score (nSPS) is 13.8. The Balaban J connectivity index is 2.12. The molecule has 0 aliphatic carbocycles. The van der Waals surface area contributed by atoms with Crippen LogP contribution in [0.15, 0.2) is 42.5 Å². The molecule has 19 heavy (non-hydrogen) atoms. The Kier molecular flexibility index (Phi) is 3.03. The summed E-state index contributed by atoms with van der Waals surface area (Å²) in [4.78, 5) is 2.33. The highest BCUT2D eigenvalue weighted by Crippen LogP contribution is 2.39. The molecule has 2 N–H and O–H groups in total. The van der Waals surface area contributed by atoms with Gasteiger partial charge in [0, 0.05) is 31.3 Å². The van der Waals surface area contributed by atoms with Crippen LogP contribution in [0, 0.1) is 0 Å². The van der Waals surface area contributed by atoms with Crippen LogP contribution in [0.5, 0.6) is 5.75 Å². The highest BCUT2D eigenvalue weighted by molar-refractivity contribution is 5.83. The second-order valence-electron chi connectivity index (χ2n) is 4.76. The van der Waals surface area contributed by atoms with E-state index in [0.717, 1.165) is 36.4 Å². The van der Waals surface area contributed by atoms with Crippen molar-refractivity contribution in [2.75, 3.05) is 29.9 Å². The molecule has 0 amide bonds. The fourth-order valence-electron chi connectivity index (χ4n) is 2.60. The predicted octanol–water partition coefficient (Wildman–Crippen LogP) is 3.31. The van der Waals surface area contributed by atoms with Gasteiger partial charge in [-0.15, -0.1) is 0 Å². The zero-order valence-corrected chi connectivity index (χ0v) is 11.1. The summed E-state index contributed by atoms with van der Waals surface area (Å²) in [6.45, 7) is 5.06. The van der Waals surface area contributed by atoms with Crippen LogP contribution in [-0.4, -0.2) is 24.7 Å². The Hall–Kier alpha value is -2.16. The molecule has 1 aliphatic heterocycles. The van der Waals surface area contributed by atoms with Crippen molar-refractivity contribution < 1.29 is 5.11 Å². The number of likely N-dealkylation sites (N-methyl/N-ethyl adjacent to an activating group) is 1. The lowest BCUT2D eigenvalue weighted by Crippen LogP contribution is -2.33. The van der Waals surface area contributed by atoms with Crippen molar-refractivity contribution in [1.29, 1.82) is 0 Å². The van der Waals surface area contributed by atoms with Gasteiger partial charge in [0.25, 0.3) is 0 Å². The Morgan fingerprint density at radius 3 is 2.74 bits per heavy atom. The second-order valence-corrected chi connectivity index (χ2v) is 4.76. The van der Waals surface area contributed by atoms with Gasteiger partial charge >= 0.3 is 0 Å². The average Bonchev–Trinajstić information content (AvgIpc) is 2.46. The minimum atomic E-state index is 0.329. The van der Waals surface area contributed by atoms with Crippen molar-refractivity contribution in [2.45, 2.75) is 6.92 Å². The molecule has 0 aromatic heterocycles. The van der Waals surface area contributed by atoms with Gasteiger partial charge in [-0.3, -0.25) is 0 Å². The van der Waals surface area contributed by atoms with E-state index in [1.807, 2.05) is 36.4 Å². The van der Waals surface area contributed by atoms with Crippen LogP contribution in [0.4, 0.5) is 11.4 Å². The van der Waals surface area contributed by atoms with Crippen molar-refractivity contribution >= 4 is 11.4 Å². The molecule has 98 valence electrons. The van der Waals surface area contributed by atoms with Crippen LogP contribution in [0.25, 0.3) is 11.1 Å². The number of nitrogens with zero attached hydrogens (tertiary/aromatic N) is 1. The molecule has 0 bridgehead atoms. The molecule has 1 aliphatic rings. The number of phenols is 1. The number of anilines is 2. The van der Waals surface area contributed by atoms with Crippen molar-refractivity contribution in [2.24, 2.45) is 0 Å². The molecule has 2 aromatic carbocycles. The van der Waals surface area contributed by atoms with Crippen molar-refractivity contribution in [3.8, 4) is 16.9 Å². The molecule has 1 heterocycles. The number of nitrogens with one attached hydrogen (secondary N) is 1. The summed E-state index contributed by atoms with van der Waals surface area (Å²) in [5.74, 6) is 0.329. The average molecular weight is 254 g/mol. The molecule has 0 atom stereocenters. The molecular formula is C16H18N2O. The van der Waals surface area contributed by atoms with Crippen molar-refractivity contribution in [3.05, 3.63) is 42.5 Å². The van der Waals surface area contributed by atoms with Gasteiger partial charge in [-0.2, -0.15) is 0 Å². The smallest absolute Gasteiger partial charge is 0.125 e. The largest absolute Gasteiger partial charge is 0.507 e. The molecule has 2 aromatic rings. The van der Waals surface area contributed by atoms with Gasteiger partial charge < -0.3 is 15.3 Å². The van der Waals surface area contributed by atoms with Crippen molar-refractivity contribution in [1.82, 2.24) is 0 Å². The minimum Gasteiger partial charge on any atom is -0.507 e. The van der Waals surface area contributed by atoms with E-state index in [-0.39, 0.29) is 0 Å². The number of phenolic OH excluding ortho intramolecular Hbond substituents is 1. The maximum absolute atomic E-state index is 10.2. The molecule has 3 rings (SSSR count).